The zero-order valence-electron chi connectivity index (χ0n) is 10.1. The number of fused-ring (bicyclic) bond motifs is 1. The van der Waals surface area contributed by atoms with Gasteiger partial charge >= 0.3 is 0 Å². The van der Waals surface area contributed by atoms with Crippen molar-refractivity contribution in [1.29, 1.82) is 0 Å². The third-order valence-corrected chi connectivity index (χ3v) is 3.99. The summed E-state index contributed by atoms with van der Waals surface area (Å²) >= 11 is 6.13. The van der Waals surface area contributed by atoms with Gasteiger partial charge in [-0.3, -0.25) is 0 Å². The highest BCUT2D eigenvalue weighted by Gasteiger charge is 2.32. The van der Waals surface area contributed by atoms with Crippen LogP contribution in [0.25, 0.3) is 11.0 Å². The van der Waals surface area contributed by atoms with Crippen molar-refractivity contribution in [2.45, 2.75) is 18.4 Å². The van der Waals surface area contributed by atoms with Gasteiger partial charge < -0.3 is 15.0 Å². The molecular weight excluding hydrogens is 250 g/mol. The molecule has 0 radical (unpaired) electrons. The number of anilines is 1. The van der Waals surface area contributed by atoms with Crippen molar-refractivity contribution in [1.82, 2.24) is 9.97 Å². The molecule has 0 unspecified atom stereocenters. The summed E-state index contributed by atoms with van der Waals surface area (Å²) in [5, 5.41) is 3.45. The number of aromatic amines is 1. The summed E-state index contributed by atoms with van der Waals surface area (Å²) in [5.41, 5.74) is 1.90. The minimum absolute atomic E-state index is 0.103. The molecule has 3 rings (SSSR count). The number of nitrogens with one attached hydrogen (secondary N) is 2. The quantitative estimate of drug-likeness (QED) is 0.839. The average molecular weight is 266 g/mol. The number of benzene rings is 1. The second-order valence-corrected chi connectivity index (χ2v) is 5.02. The number of para-hydroxylation sites is 2. The minimum Gasteiger partial charge on any atom is -0.381 e. The van der Waals surface area contributed by atoms with Crippen LogP contribution >= 0.6 is 11.6 Å². The second-order valence-electron chi connectivity index (χ2n) is 4.75. The molecule has 0 atom stereocenters. The summed E-state index contributed by atoms with van der Waals surface area (Å²) < 4.78 is 5.39. The fourth-order valence-electron chi connectivity index (χ4n) is 2.32. The lowest BCUT2D eigenvalue weighted by atomic mass is 9.92. The van der Waals surface area contributed by atoms with E-state index in [1.165, 1.54) is 0 Å². The molecular formula is C13H16ClN3O. The molecule has 0 aliphatic carbocycles. The molecule has 1 aromatic heterocycles. The van der Waals surface area contributed by atoms with Gasteiger partial charge in [-0.1, -0.05) is 12.1 Å². The van der Waals surface area contributed by atoms with Crippen LogP contribution in [0.4, 0.5) is 5.95 Å². The SMILES string of the molecule is ClCC1(Nc2nc3ccccc3[nH]2)CCOCC1. The van der Waals surface area contributed by atoms with Gasteiger partial charge in [-0.05, 0) is 25.0 Å². The molecule has 1 aliphatic heterocycles. The van der Waals surface area contributed by atoms with Gasteiger partial charge in [-0.25, -0.2) is 4.98 Å². The van der Waals surface area contributed by atoms with Gasteiger partial charge in [0.2, 0.25) is 5.95 Å². The Bertz CT molecular complexity index is 501. The maximum absolute atomic E-state index is 6.13. The van der Waals surface area contributed by atoms with Gasteiger partial charge in [-0.15, -0.1) is 11.6 Å². The van der Waals surface area contributed by atoms with Gasteiger partial charge in [-0.2, -0.15) is 0 Å². The molecule has 1 saturated heterocycles. The van der Waals surface area contributed by atoms with Crippen LogP contribution in [-0.2, 0) is 4.74 Å². The lowest BCUT2D eigenvalue weighted by Gasteiger charge is -2.36. The lowest BCUT2D eigenvalue weighted by molar-refractivity contribution is 0.0666. The predicted molar refractivity (Wildman–Crippen MR) is 73.2 cm³/mol. The van der Waals surface area contributed by atoms with Crippen molar-refractivity contribution < 1.29 is 4.74 Å². The Balaban J connectivity index is 1.85. The van der Waals surface area contributed by atoms with E-state index in [0.717, 1.165) is 43.0 Å². The number of hydrogen-bond acceptors (Lipinski definition) is 3. The Morgan fingerprint density at radius 3 is 2.83 bits per heavy atom. The van der Waals surface area contributed by atoms with Gasteiger partial charge in [0.05, 0.1) is 16.6 Å². The molecule has 1 fully saturated rings. The first-order chi connectivity index (χ1) is 8.81. The molecule has 96 valence electrons. The number of ether oxygens (including phenoxy) is 1. The summed E-state index contributed by atoms with van der Waals surface area (Å²) in [7, 11) is 0. The van der Waals surface area contributed by atoms with E-state index in [1.807, 2.05) is 24.3 Å². The lowest BCUT2D eigenvalue weighted by Crippen LogP contribution is -2.45. The van der Waals surface area contributed by atoms with Crippen molar-refractivity contribution in [3.8, 4) is 0 Å². The van der Waals surface area contributed by atoms with E-state index < -0.39 is 0 Å². The number of aromatic nitrogens is 2. The van der Waals surface area contributed by atoms with Gasteiger partial charge in [0.25, 0.3) is 0 Å². The Kier molecular flexibility index (Phi) is 3.14. The Hall–Kier alpha value is -1.26. The van der Waals surface area contributed by atoms with Crippen molar-refractivity contribution in [3.05, 3.63) is 24.3 Å². The molecule has 2 aromatic rings. The Labute approximate surface area is 111 Å². The van der Waals surface area contributed by atoms with Crippen LogP contribution in [0.3, 0.4) is 0 Å². The summed E-state index contributed by atoms with van der Waals surface area (Å²) in [6, 6.07) is 7.99. The number of hydrogen-bond donors (Lipinski definition) is 2. The first kappa shape index (κ1) is 11.8. The maximum Gasteiger partial charge on any atom is 0.201 e. The highest BCUT2D eigenvalue weighted by Crippen LogP contribution is 2.27. The standard InChI is InChI=1S/C13H16ClN3O/c14-9-13(5-7-18-8-6-13)17-12-15-10-3-1-2-4-11(10)16-12/h1-4H,5-9H2,(H2,15,16,17). The third kappa shape index (κ3) is 2.18. The normalized spacial score (nSPS) is 18.9. The van der Waals surface area contributed by atoms with Crippen LogP contribution in [-0.4, -0.2) is 34.6 Å². The molecule has 1 aliphatic rings. The Morgan fingerprint density at radius 1 is 1.33 bits per heavy atom. The van der Waals surface area contributed by atoms with Crippen molar-refractivity contribution in [2.24, 2.45) is 0 Å². The molecule has 18 heavy (non-hydrogen) atoms. The van der Waals surface area contributed by atoms with Crippen molar-refractivity contribution in [3.63, 3.8) is 0 Å². The molecule has 0 amide bonds. The Morgan fingerprint density at radius 2 is 2.11 bits per heavy atom. The van der Waals surface area contributed by atoms with E-state index in [9.17, 15) is 0 Å². The average Bonchev–Trinajstić information content (AvgIpc) is 2.81. The van der Waals surface area contributed by atoms with Gasteiger partial charge in [0.15, 0.2) is 0 Å². The largest absolute Gasteiger partial charge is 0.381 e. The van der Waals surface area contributed by atoms with Crippen molar-refractivity contribution >= 4 is 28.6 Å². The predicted octanol–water partition coefficient (Wildman–Crippen LogP) is 2.76. The highest BCUT2D eigenvalue weighted by atomic mass is 35.5. The van der Waals surface area contributed by atoms with Gasteiger partial charge in [0, 0.05) is 19.1 Å². The fourth-order valence-corrected chi connectivity index (χ4v) is 2.65. The van der Waals surface area contributed by atoms with Crippen LogP contribution in [0, 0.1) is 0 Å². The summed E-state index contributed by atoms with van der Waals surface area (Å²) in [6.07, 6.45) is 1.82. The second kappa shape index (κ2) is 4.78. The number of alkyl halides is 1. The number of imidazole rings is 1. The van der Waals surface area contributed by atoms with Crippen molar-refractivity contribution in [2.75, 3.05) is 24.4 Å². The van der Waals surface area contributed by atoms with Crippen LogP contribution in [0.2, 0.25) is 0 Å². The fraction of sp³-hybridized carbons (Fsp3) is 0.462. The van der Waals surface area contributed by atoms with Crippen LogP contribution in [0.15, 0.2) is 24.3 Å². The smallest absolute Gasteiger partial charge is 0.201 e. The topological polar surface area (TPSA) is 49.9 Å². The maximum atomic E-state index is 6.13. The van der Waals surface area contributed by atoms with Gasteiger partial charge in [0.1, 0.15) is 0 Å². The monoisotopic (exact) mass is 265 g/mol. The first-order valence-electron chi connectivity index (χ1n) is 6.18. The summed E-state index contributed by atoms with van der Waals surface area (Å²) in [6.45, 7) is 1.50. The molecule has 4 nitrogen and oxygen atoms in total. The number of halogens is 1. The van der Waals surface area contributed by atoms with Crippen LogP contribution in [0.1, 0.15) is 12.8 Å². The summed E-state index contributed by atoms with van der Waals surface area (Å²) in [5.74, 6) is 1.35. The number of nitrogens with zero attached hydrogens (tertiary/aromatic N) is 1. The van der Waals surface area contributed by atoms with E-state index in [0.29, 0.717) is 5.88 Å². The molecule has 1 aromatic carbocycles. The van der Waals surface area contributed by atoms with Crippen LogP contribution < -0.4 is 5.32 Å². The molecule has 2 heterocycles. The molecule has 0 saturated carbocycles. The van der Waals surface area contributed by atoms with Crippen LogP contribution in [0.5, 0.6) is 0 Å². The van der Waals surface area contributed by atoms with E-state index in [2.05, 4.69) is 15.3 Å². The third-order valence-electron chi connectivity index (χ3n) is 3.48. The minimum atomic E-state index is -0.103. The molecule has 5 heteroatoms. The highest BCUT2D eigenvalue weighted by molar-refractivity contribution is 6.18. The molecule has 0 spiro atoms. The van der Waals surface area contributed by atoms with E-state index >= 15 is 0 Å². The zero-order valence-corrected chi connectivity index (χ0v) is 10.8. The van der Waals surface area contributed by atoms with E-state index in [1.54, 1.807) is 0 Å². The molecule has 2 N–H and O–H groups in total. The zero-order chi connectivity index (χ0) is 12.4. The number of rotatable bonds is 3. The first-order valence-corrected chi connectivity index (χ1v) is 6.71. The van der Waals surface area contributed by atoms with E-state index in [4.69, 9.17) is 16.3 Å². The molecule has 0 bridgehead atoms. The number of H-pyrrole nitrogens is 1. The summed E-state index contributed by atoms with van der Waals surface area (Å²) in [4.78, 5) is 7.81. The van der Waals surface area contributed by atoms with E-state index in [-0.39, 0.29) is 5.54 Å².